The van der Waals surface area contributed by atoms with E-state index in [1.165, 1.54) is 0 Å². The molecule has 2 aliphatic rings. The van der Waals surface area contributed by atoms with Crippen molar-refractivity contribution in [1.82, 2.24) is 15.1 Å². The Bertz CT molecular complexity index is 594. The Balaban J connectivity index is 1.66. The third kappa shape index (κ3) is 2.50. The van der Waals surface area contributed by atoms with Gasteiger partial charge in [0.05, 0.1) is 11.1 Å². The maximum absolute atomic E-state index is 12.4. The Kier molecular flexibility index (Phi) is 3.94. The lowest BCUT2D eigenvalue weighted by Crippen LogP contribution is -2.42. The Labute approximate surface area is 129 Å². The molecule has 22 heavy (non-hydrogen) atoms. The second kappa shape index (κ2) is 5.88. The van der Waals surface area contributed by atoms with E-state index < -0.39 is 0 Å². The summed E-state index contributed by atoms with van der Waals surface area (Å²) in [5.41, 5.74) is 0.768. The number of carbonyl (C=O) groups excluding carboxylic acids is 3. The molecule has 1 N–H and O–H groups in total. The average Bonchev–Trinajstić information content (AvgIpc) is 3.08. The summed E-state index contributed by atoms with van der Waals surface area (Å²) in [5.74, 6) is -0.468. The molecule has 6 nitrogen and oxygen atoms in total. The first-order valence-corrected chi connectivity index (χ1v) is 7.49. The topological polar surface area (TPSA) is 69.7 Å². The SMILES string of the molecule is CNCC1CCN(C(=O)CN2C(=O)c3ccccc3C2=O)C1. The summed E-state index contributed by atoms with van der Waals surface area (Å²) in [6.07, 6.45) is 0.953. The van der Waals surface area contributed by atoms with Gasteiger partial charge in [-0.05, 0) is 38.1 Å². The number of imide groups is 1. The van der Waals surface area contributed by atoms with Crippen molar-refractivity contribution in [2.24, 2.45) is 5.92 Å². The second-order valence-corrected chi connectivity index (χ2v) is 5.79. The van der Waals surface area contributed by atoms with Crippen LogP contribution in [0.15, 0.2) is 24.3 Å². The maximum atomic E-state index is 12.4. The van der Waals surface area contributed by atoms with Crippen LogP contribution < -0.4 is 5.32 Å². The number of fused-ring (bicyclic) bond motifs is 1. The standard InChI is InChI=1S/C16H19N3O3/c1-17-8-11-6-7-18(9-11)14(20)10-19-15(21)12-4-2-3-5-13(12)16(19)22/h2-5,11,17H,6-10H2,1H3. The summed E-state index contributed by atoms with van der Waals surface area (Å²) in [5, 5.41) is 3.11. The number of amides is 3. The maximum Gasteiger partial charge on any atom is 0.262 e. The monoisotopic (exact) mass is 301 g/mol. The lowest BCUT2D eigenvalue weighted by molar-refractivity contribution is -0.130. The van der Waals surface area contributed by atoms with Crippen molar-refractivity contribution in [3.05, 3.63) is 35.4 Å². The van der Waals surface area contributed by atoms with Gasteiger partial charge in [0, 0.05) is 13.1 Å². The van der Waals surface area contributed by atoms with Crippen LogP contribution in [0.2, 0.25) is 0 Å². The van der Waals surface area contributed by atoms with Crippen molar-refractivity contribution in [1.29, 1.82) is 0 Å². The Morgan fingerprint density at radius 2 is 1.86 bits per heavy atom. The summed E-state index contributed by atoms with van der Waals surface area (Å²) in [7, 11) is 1.89. The minimum Gasteiger partial charge on any atom is -0.341 e. The zero-order valence-corrected chi connectivity index (χ0v) is 12.5. The van der Waals surface area contributed by atoms with Crippen molar-refractivity contribution in [3.8, 4) is 0 Å². The van der Waals surface area contributed by atoms with Crippen molar-refractivity contribution >= 4 is 17.7 Å². The Morgan fingerprint density at radius 3 is 2.45 bits per heavy atom. The van der Waals surface area contributed by atoms with Gasteiger partial charge in [0.2, 0.25) is 5.91 Å². The molecule has 6 heteroatoms. The molecule has 0 bridgehead atoms. The summed E-state index contributed by atoms with van der Waals surface area (Å²) in [6, 6.07) is 6.69. The van der Waals surface area contributed by atoms with E-state index in [0.717, 1.165) is 17.9 Å². The summed E-state index contributed by atoms with van der Waals surface area (Å²) in [4.78, 5) is 39.6. The zero-order valence-electron chi connectivity index (χ0n) is 12.5. The smallest absolute Gasteiger partial charge is 0.262 e. The van der Waals surface area contributed by atoms with Crippen LogP contribution in [0.25, 0.3) is 0 Å². The van der Waals surface area contributed by atoms with Gasteiger partial charge in [-0.2, -0.15) is 0 Å². The summed E-state index contributed by atoms with van der Waals surface area (Å²) >= 11 is 0. The molecule has 0 aliphatic carbocycles. The number of carbonyl (C=O) groups is 3. The lowest BCUT2D eigenvalue weighted by Gasteiger charge is -2.20. The fourth-order valence-corrected chi connectivity index (χ4v) is 3.13. The van der Waals surface area contributed by atoms with Crippen LogP contribution in [-0.4, -0.2) is 60.7 Å². The van der Waals surface area contributed by atoms with Crippen molar-refractivity contribution < 1.29 is 14.4 Å². The molecule has 1 atom stereocenters. The predicted molar refractivity (Wildman–Crippen MR) is 80.4 cm³/mol. The molecule has 0 aromatic heterocycles. The number of nitrogens with one attached hydrogen (secondary N) is 1. The highest BCUT2D eigenvalue weighted by molar-refractivity contribution is 6.22. The van der Waals surface area contributed by atoms with Crippen LogP contribution in [0.3, 0.4) is 0 Å². The highest BCUT2D eigenvalue weighted by Crippen LogP contribution is 2.23. The van der Waals surface area contributed by atoms with E-state index in [9.17, 15) is 14.4 Å². The van der Waals surface area contributed by atoms with Gasteiger partial charge in [0.15, 0.2) is 0 Å². The first kappa shape index (κ1) is 14.7. The zero-order chi connectivity index (χ0) is 15.7. The van der Waals surface area contributed by atoms with Gasteiger partial charge in [-0.1, -0.05) is 12.1 Å². The third-order valence-corrected chi connectivity index (χ3v) is 4.30. The van der Waals surface area contributed by atoms with Gasteiger partial charge in [-0.25, -0.2) is 0 Å². The van der Waals surface area contributed by atoms with Crippen LogP contribution in [0.1, 0.15) is 27.1 Å². The molecule has 1 saturated heterocycles. The first-order chi connectivity index (χ1) is 10.6. The average molecular weight is 301 g/mol. The van der Waals surface area contributed by atoms with Crippen LogP contribution in [0.4, 0.5) is 0 Å². The number of hydrogen-bond acceptors (Lipinski definition) is 4. The molecule has 0 radical (unpaired) electrons. The lowest BCUT2D eigenvalue weighted by atomic mass is 10.1. The third-order valence-electron chi connectivity index (χ3n) is 4.30. The second-order valence-electron chi connectivity index (χ2n) is 5.79. The van der Waals surface area contributed by atoms with Gasteiger partial charge in [0.1, 0.15) is 6.54 Å². The highest BCUT2D eigenvalue weighted by atomic mass is 16.2. The van der Waals surface area contributed by atoms with Crippen molar-refractivity contribution in [2.45, 2.75) is 6.42 Å². The van der Waals surface area contributed by atoms with Gasteiger partial charge in [-0.15, -0.1) is 0 Å². The Hall–Kier alpha value is -2.21. The van der Waals surface area contributed by atoms with E-state index in [4.69, 9.17) is 0 Å². The molecule has 2 heterocycles. The van der Waals surface area contributed by atoms with E-state index in [1.807, 2.05) is 7.05 Å². The van der Waals surface area contributed by atoms with Gasteiger partial charge >= 0.3 is 0 Å². The molecular weight excluding hydrogens is 282 g/mol. The number of nitrogens with zero attached hydrogens (tertiary/aromatic N) is 2. The minimum atomic E-state index is -0.375. The predicted octanol–water partition coefficient (Wildman–Crippen LogP) is 0.351. The van der Waals surface area contributed by atoms with E-state index in [1.54, 1.807) is 29.2 Å². The van der Waals surface area contributed by atoms with Gasteiger partial charge in [-0.3, -0.25) is 19.3 Å². The largest absolute Gasteiger partial charge is 0.341 e. The molecule has 1 unspecified atom stereocenters. The van der Waals surface area contributed by atoms with Crippen molar-refractivity contribution in [2.75, 3.05) is 33.2 Å². The first-order valence-electron chi connectivity index (χ1n) is 7.49. The Morgan fingerprint density at radius 1 is 1.23 bits per heavy atom. The minimum absolute atomic E-state index is 0.159. The van der Waals surface area contributed by atoms with Crippen LogP contribution in [0, 0.1) is 5.92 Å². The normalized spacial score (nSPS) is 20.7. The van der Waals surface area contributed by atoms with E-state index in [0.29, 0.717) is 30.1 Å². The number of benzene rings is 1. The number of likely N-dealkylation sites (tertiary alicyclic amines) is 1. The molecule has 1 fully saturated rings. The van der Waals surface area contributed by atoms with Crippen molar-refractivity contribution in [3.63, 3.8) is 0 Å². The highest BCUT2D eigenvalue weighted by Gasteiger charge is 2.37. The fourth-order valence-electron chi connectivity index (χ4n) is 3.13. The molecule has 0 spiro atoms. The molecule has 1 aromatic carbocycles. The molecule has 2 aliphatic heterocycles. The number of rotatable bonds is 4. The molecule has 0 saturated carbocycles. The molecular formula is C16H19N3O3. The van der Waals surface area contributed by atoms with Crippen LogP contribution in [-0.2, 0) is 4.79 Å². The van der Waals surface area contributed by atoms with E-state index >= 15 is 0 Å². The summed E-state index contributed by atoms with van der Waals surface area (Å²) < 4.78 is 0. The number of hydrogen-bond donors (Lipinski definition) is 1. The molecule has 3 rings (SSSR count). The van der Waals surface area contributed by atoms with E-state index in [-0.39, 0.29) is 24.3 Å². The van der Waals surface area contributed by atoms with Crippen LogP contribution in [0.5, 0.6) is 0 Å². The van der Waals surface area contributed by atoms with Crippen LogP contribution >= 0.6 is 0 Å². The molecule has 3 amide bonds. The van der Waals surface area contributed by atoms with E-state index in [2.05, 4.69) is 5.32 Å². The van der Waals surface area contributed by atoms with Gasteiger partial charge in [0.25, 0.3) is 11.8 Å². The summed E-state index contributed by atoms with van der Waals surface area (Å²) in [6.45, 7) is 2.08. The fraction of sp³-hybridized carbons (Fsp3) is 0.438. The quantitative estimate of drug-likeness (QED) is 0.815. The molecule has 1 aromatic rings. The van der Waals surface area contributed by atoms with Gasteiger partial charge < -0.3 is 10.2 Å². The molecule has 116 valence electrons.